The van der Waals surface area contributed by atoms with E-state index in [4.69, 9.17) is 16.0 Å². The Bertz CT molecular complexity index is 777. The quantitative estimate of drug-likeness (QED) is 0.796. The van der Waals surface area contributed by atoms with Gasteiger partial charge in [-0.15, -0.1) is 0 Å². The number of nitrogens with one attached hydrogen (secondary N) is 1. The van der Waals surface area contributed by atoms with Crippen LogP contribution in [0, 0.1) is 0 Å². The largest absolute Gasteiger partial charge is 0.441 e. The van der Waals surface area contributed by atoms with Crippen LogP contribution in [-0.2, 0) is 13.1 Å². The normalized spacial score (nSPS) is 17.1. The molecule has 7 heteroatoms. The van der Waals surface area contributed by atoms with Gasteiger partial charge >= 0.3 is 0 Å². The van der Waals surface area contributed by atoms with Gasteiger partial charge in [0.25, 0.3) is 0 Å². The minimum absolute atomic E-state index is 0.636. The van der Waals surface area contributed by atoms with Gasteiger partial charge in [-0.1, -0.05) is 11.6 Å². The number of furan rings is 1. The summed E-state index contributed by atoms with van der Waals surface area (Å²) >= 11 is 5.97. The Morgan fingerprint density at radius 1 is 1.09 bits per heavy atom. The molecule has 0 spiro atoms. The van der Waals surface area contributed by atoms with Crippen LogP contribution in [0.2, 0.25) is 5.02 Å². The molecule has 0 aliphatic carbocycles. The first-order valence-electron chi connectivity index (χ1n) is 7.73. The maximum Gasteiger partial charge on any atom is 0.226 e. The van der Waals surface area contributed by atoms with E-state index >= 15 is 0 Å². The Hall–Kier alpha value is -1.89. The Morgan fingerprint density at radius 3 is 2.61 bits per heavy atom. The molecule has 1 aliphatic rings. The SMILES string of the molecule is Clc1cnc2oc(CN3CCN(Cc4ncc[nH]4)CC3)cc2c1. The number of H-pyrrole nitrogens is 1. The lowest BCUT2D eigenvalue weighted by Crippen LogP contribution is -2.45. The number of halogens is 1. The second kappa shape index (κ2) is 6.31. The summed E-state index contributed by atoms with van der Waals surface area (Å²) in [5.41, 5.74) is 0.654. The lowest BCUT2D eigenvalue weighted by atomic mass is 10.2. The van der Waals surface area contributed by atoms with Gasteiger partial charge in [0, 0.05) is 50.2 Å². The second-order valence-corrected chi connectivity index (χ2v) is 6.29. The first-order valence-corrected chi connectivity index (χ1v) is 8.11. The van der Waals surface area contributed by atoms with Crippen molar-refractivity contribution in [2.24, 2.45) is 0 Å². The number of hydrogen-bond donors (Lipinski definition) is 1. The predicted molar refractivity (Wildman–Crippen MR) is 88.2 cm³/mol. The Kier molecular flexibility index (Phi) is 4.03. The standard InChI is InChI=1S/C16H18ClN5O/c17-13-7-12-8-14(23-16(12)20-9-13)10-21-3-5-22(6-4-21)11-15-18-1-2-19-15/h1-2,7-9H,3-6,10-11H2,(H,18,19). The number of pyridine rings is 1. The number of rotatable bonds is 4. The van der Waals surface area contributed by atoms with E-state index in [2.05, 4.69) is 24.8 Å². The fourth-order valence-corrected chi connectivity index (χ4v) is 3.12. The van der Waals surface area contributed by atoms with Crippen molar-refractivity contribution in [2.45, 2.75) is 13.1 Å². The molecule has 4 heterocycles. The smallest absolute Gasteiger partial charge is 0.226 e. The van der Waals surface area contributed by atoms with E-state index in [1.165, 1.54) is 0 Å². The highest BCUT2D eigenvalue weighted by molar-refractivity contribution is 6.31. The van der Waals surface area contributed by atoms with Gasteiger partial charge in [-0.2, -0.15) is 0 Å². The van der Waals surface area contributed by atoms with Crippen molar-refractivity contribution in [1.29, 1.82) is 0 Å². The van der Waals surface area contributed by atoms with Crippen LogP contribution in [0.3, 0.4) is 0 Å². The van der Waals surface area contributed by atoms with Crippen molar-refractivity contribution in [3.8, 4) is 0 Å². The summed E-state index contributed by atoms with van der Waals surface area (Å²) in [6.07, 6.45) is 5.28. The first-order chi connectivity index (χ1) is 11.3. The molecule has 3 aromatic rings. The highest BCUT2D eigenvalue weighted by atomic mass is 35.5. The predicted octanol–water partition coefficient (Wildman–Crippen LogP) is 2.52. The van der Waals surface area contributed by atoms with E-state index in [0.29, 0.717) is 10.7 Å². The van der Waals surface area contributed by atoms with Crippen LogP contribution in [0.5, 0.6) is 0 Å². The van der Waals surface area contributed by atoms with E-state index in [1.54, 1.807) is 12.4 Å². The monoisotopic (exact) mass is 331 g/mol. The van der Waals surface area contributed by atoms with Crippen LogP contribution in [-0.4, -0.2) is 50.9 Å². The van der Waals surface area contributed by atoms with Crippen LogP contribution in [0.25, 0.3) is 11.1 Å². The molecule has 1 N–H and O–H groups in total. The number of aromatic amines is 1. The van der Waals surface area contributed by atoms with Gasteiger partial charge in [0.15, 0.2) is 0 Å². The zero-order valence-corrected chi connectivity index (χ0v) is 13.5. The Labute approximate surface area is 139 Å². The maximum atomic E-state index is 5.97. The van der Waals surface area contributed by atoms with Crippen molar-refractivity contribution in [1.82, 2.24) is 24.8 Å². The molecular weight excluding hydrogens is 314 g/mol. The molecule has 120 valence electrons. The van der Waals surface area contributed by atoms with Gasteiger partial charge in [0.2, 0.25) is 5.71 Å². The summed E-state index contributed by atoms with van der Waals surface area (Å²) in [4.78, 5) is 16.5. The van der Waals surface area contributed by atoms with E-state index < -0.39 is 0 Å². The van der Waals surface area contributed by atoms with E-state index in [-0.39, 0.29) is 0 Å². The van der Waals surface area contributed by atoms with Crippen LogP contribution in [0.1, 0.15) is 11.6 Å². The molecule has 0 unspecified atom stereocenters. The van der Waals surface area contributed by atoms with E-state index in [9.17, 15) is 0 Å². The lowest BCUT2D eigenvalue weighted by molar-refractivity contribution is 0.114. The van der Waals surface area contributed by atoms with Crippen molar-refractivity contribution < 1.29 is 4.42 Å². The van der Waals surface area contributed by atoms with Crippen molar-refractivity contribution in [3.63, 3.8) is 0 Å². The van der Waals surface area contributed by atoms with Crippen LogP contribution >= 0.6 is 11.6 Å². The average molecular weight is 332 g/mol. The van der Waals surface area contributed by atoms with Gasteiger partial charge in [-0.05, 0) is 12.1 Å². The summed E-state index contributed by atoms with van der Waals surface area (Å²) < 4.78 is 5.80. The Morgan fingerprint density at radius 2 is 1.87 bits per heavy atom. The summed E-state index contributed by atoms with van der Waals surface area (Å²) in [6, 6.07) is 3.92. The molecule has 0 amide bonds. The van der Waals surface area contributed by atoms with Crippen molar-refractivity contribution >= 4 is 22.7 Å². The van der Waals surface area contributed by atoms with E-state index in [0.717, 1.165) is 56.2 Å². The summed E-state index contributed by atoms with van der Waals surface area (Å²) in [6.45, 7) is 5.80. The van der Waals surface area contributed by atoms with Gasteiger partial charge < -0.3 is 9.40 Å². The first kappa shape index (κ1) is 14.7. The highest BCUT2D eigenvalue weighted by Gasteiger charge is 2.19. The molecule has 0 aromatic carbocycles. The zero-order chi connectivity index (χ0) is 15.6. The molecule has 4 rings (SSSR count). The molecule has 0 radical (unpaired) electrons. The summed E-state index contributed by atoms with van der Waals surface area (Å²) in [5.74, 6) is 1.97. The zero-order valence-electron chi connectivity index (χ0n) is 12.7. The van der Waals surface area contributed by atoms with Gasteiger partial charge in [0.05, 0.1) is 18.1 Å². The van der Waals surface area contributed by atoms with Gasteiger partial charge in [0.1, 0.15) is 11.6 Å². The molecule has 1 saturated heterocycles. The number of aromatic nitrogens is 3. The molecule has 0 bridgehead atoms. The number of hydrogen-bond acceptors (Lipinski definition) is 5. The minimum Gasteiger partial charge on any atom is -0.441 e. The van der Waals surface area contributed by atoms with Crippen molar-refractivity contribution in [3.05, 3.63) is 47.3 Å². The summed E-state index contributed by atoms with van der Waals surface area (Å²) in [7, 11) is 0. The third kappa shape index (κ3) is 3.39. The third-order valence-corrected chi connectivity index (χ3v) is 4.37. The maximum absolute atomic E-state index is 5.97. The van der Waals surface area contributed by atoms with Crippen LogP contribution in [0.4, 0.5) is 0 Å². The fourth-order valence-electron chi connectivity index (χ4n) is 2.96. The molecular formula is C16H18ClN5O. The molecule has 0 saturated carbocycles. The summed E-state index contributed by atoms with van der Waals surface area (Å²) in [5, 5.41) is 1.60. The fraction of sp³-hybridized carbons (Fsp3) is 0.375. The third-order valence-electron chi connectivity index (χ3n) is 4.16. The second-order valence-electron chi connectivity index (χ2n) is 5.85. The van der Waals surface area contributed by atoms with Crippen LogP contribution < -0.4 is 0 Å². The Balaban J connectivity index is 1.35. The lowest BCUT2D eigenvalue weighted by Gasteiger charge is -2.33. The molecule has 23 heavy (non-hydrogen) atoms. The topological polar surface area (TPSA) is 61.2 Å². The number of imidazole rings is 1. The molecule has 6 nitrogen and oxygen atoms in total. The highest BCUT2D eigenvalue weighted by Crippen LogP contribution is 2.22. The van der Waals surface area contributed by atoms with Crippen LogP contribution in [0.15, 0.2) is 35.1 Å². The van der Waals surface area contributed by atoms with Gasteiger partial charge in [-0.3, -0.25) is 9.80 Å². The molecule has 3 aromatic heterocycles. The molecule has 1 fully saturated rings. The average Bonchev–Trinajstić information content (AvgIpc) is 3.18. The molecule has 1 aliphatic heterocycles. The number of piperazine rings is 1. The van der Waals surface area contributed by atoms with Crippen molar-refractivity contribution in [2.75, 3.05) is 26.2 Å². The minimum atomic E-state index is 0.636. The van der Waals surface area contributed by atoms with E-state index in [1.807, 2.05) is 18.3 Å². The molecule has 0 atom stereocenters. The number of fused-ring (bicyclic) bond motifs is 1. The number of nitrogens with zero attached hydrogens (tertiary/aromatic N) is 4. The van der Waals surface area contributed by atoms with Gasteiger partial charge in [-0.25, -0.2) is 9.97 Å².